The minimum absolute atomic E-state index is 0. The maximum absolute atomic E-state index is 0. The molecule has 0 rings (SSSR count). The first-order valence-corrected chi connectivity index (χ1v) is 0. The number of hydrogen-bond acceptors (Lipinski definition) is 0. The van der Waals surface area contributed by atoms with Gasteiger partial charge in [0.05, 0.1) is 0 Å². The molecule has 0 aromatic heterocycles. The summed E-state index contributed by atoms with van der Waals surface area (Å²) in [6.45, 7) is 0. The Morgan fingerprint density at radius 3 is 0.500 bits per heavy atom. The molecule has 6 heteroatoms. The van der Waals surface area contributed by atoms with Gasteiger partial charge in [-0.2, -0.15) is 0 Å². The fourth-order valence-corrected chi connectivity index (χ4v) is 0. The molecule has 0 saturated carbocycles. The van der Waals surface area contributed by atoms with E-state index in [1.807, 2.05) is 0 Å². The monoisotopic (exact) mass is 172 g/mol. The van der Waals surface area contributed by atoms with E-state index in [1.165, 1.54) is 0 Å². The average molecular weight is 174 g/mol. The first-order valence-electron chi connectivity index (χ1n) is 0. The van der Waals surface area contributed by atoms with Crippen LogP contribution in [0.2, 0.25) is 0 Å². The van der Waals surface area contributed by atoms with Gasteiger partial charge in [-0.1, -0.05) is 0 Å². The molecule has 6 heavy (non-hydrogen) atoms. The van der Waals surface area contributed by atoms with Crippen molar-refractivity contribution in [3.8, 4) is 0 Å². The summed E-state index contributed by atoms with van der Waals surface area (Å²) in [7, 11) is 0. The quantitative estimate of drug-likeness (QED) is 0.349. The zero-order valence-electron chi connectivity index (χ0n) is 3.12. The standard InChI is InChI=1S/ClH.4H2O.Zn/h1H;4*1H2;. The summed E-state index contributed by atoms with van der Waals surface area (Å²) in [5.74, 6) is 0. The predicted octanol–water partition coefficient (Wildman–Crippen LogP) is -2.88. The summed E-state index contributed by atoms with van der Waals surface area (Å²) in [5, 5.41) is 0. The molecule has 4 nitrogen and oxygen atoms in total. The smallest absolute Gasteiger partial charge is 0 e. The maximum Gasteiger partial charge on any atom is 0 e. The van der Waals surface area contributed by atoms with Crippen LogP contribution in [-0.4, -0.2) is 21.9 Å². The number of halogens is 1. The topological polar surface area (TPSA) is 126 Å². The van der Waals surface area contributed by atoms with Crippen molar-refractivity contribution in [1.29, 1.82) is 0 Å². The van der Waals surface area contributed by atoms with Crippen LogP contribution in [0.4, 0.5) is 0 Å². The van der Waals surface area contributed by atoms with Gasteiger partial charge in [-0.05, 0) is 0 Å². The van der Waals surface area contributed by atoms with Crippen LogP contribution in [0, 0.1) is 0 Å². The molecule has 0 heterocycles. The van der Waals surface area contributed by atoms with E-state index in [1.54, 1.807) is 0 Å². The summed E-state index contributed by atoms with van der Waals surface area (Å²) in [6.07, 6.45) is 0. The molecule has 0 radical (unpaired) electrons. The third-order valence-corrected chi connectivity index (χ3v) is 0. The fourth-order valence-electron chi connectivity index (χ4n) is 0. The van der Waals surface area contributed by atoms with Gasteiger partial charge in [0.2, 0.25) is 0 Å². The molecule has 0 spiro atoms. The molecule has 0 bridgehead atoms. The Morgan fingerprint density at radius 2 is 0.500 bits per heavy atom. The van der Waals surface area contributed by atoms with E-state index in [2.05, 4.69) is 0 Å². The van der Waals surface area contributed by atoms with Crippen molar-refractivity contribution in [1.82, 2.24) is 0 Å². The molecular formula is H9ClO4Zn. The van der Waals surface area contributed by atoms with Gasteiger partial charge in [-0.3, -0.25) is 0 Å². The third-order valence-electron chi connectivity index (χ3n) is 0. The van der Waals surface area contributed by atoms with Crippen LogP contribution in [0.25, 0.3) is 0 Å². The minimum atomic E-state index is 0. The molecular weight excluding hydrogens is 165 g/mol. The van der Waals surface area contributed by atoms with Crippen LogP contribution in [0.1, 0.15) is 0 Å². The summed E-state index contributed by atoms with van der Waals surface area (Å²) >= 11 is 0. The van der Waals surface area contributed by atoms with Crippen molar-refractivity contribution >= 4 is 12.4 Å². The zero-order chi connectivity index (χ0) is 0. The van der Waals surface area contributed by atoms with Crippen LogP contribution in [-0.2, 0) is 19.5 Å². The van der Waals surface area contributed by atoms with Gasteiger partial charge in [0.1, 0.15) is 0 Å². The molecule has 8 N–H and O–H groups in total. The Balaban J connectivity index is 0. The Morgan fingerprint density at radius 1 is 0.500 bits per heavy atom. The Labute approximate surface area is 54.3 Å². The van der Waals surface area contributed by atoms with Gasteiger partial charge in [0, 0.05) is 19.5 Å². The molecule has 0 saturated heterocycles. The average Bonchev–Trinajstić information content (AvgIpc) is 0. The first-order chi connectivity index (χ1) is 0. The van der Waals surface area contributed by atoms with Crippen LogP contribution < -0.4 is 0 Å². The molecule has 42 valence electrons. The largest absolute Gasteiger partial charge is 0.412 e. The SMILES string of the molecule is Cl.O.O.O.O.[Zn]. The van der Waals surface area contributed by atoms with E-state index < -0.39 is 0 Å². The fraction of sp³-hybridized carbons (Fsp3) is 0. The van der Waals surface area contributed by atoms with Gasteiger partial charge in [0.25, 0.3) is 0 Å². The molecule has 0 fully saturated rings. The summed E-state index contributed by atoms with van der Waals surface area (Å²) < 4.78 is 0. The molecule has 0 amide bonds. The normalized spacial score (nSPS) is 0. The number of hydrogen-bond donors (Lipinski definition) is 0. The molecule has 0 aliphatic heterocycles. The van der Waals surface area contributed by atoms with Gasteiger partial charge >= 0.3 is 0 Å². The van der Waals surface area contributed by atoms with E-state index in [-0.39, 0.29) is 53.8 Å². The van der Waals surface area contributed by atoms with Crippen molar-refractivity contribution in [3.05, 3.63) is 0 Å². The second kappa shape index (κ2) is 229. The molecule has 0 aliphatic rings. The van der Waals surface area contributed by atoms with Gasteiger partial charge in [0.15, 0.2) is 0 Å². The summed E-state index contributed by atoms with van der Waals surface area (Å²) in [5.41, 5.74) is 0. The second-order valence-corrected chi connectivity index (χ2v) is 0. The second-order valence-electron chi connectivity index (χ2n) is 0. The van der Waals surface area contributed by atoms with Crippen molar-refractivity contribution in [3.63, 3.8) is 0 Å². The van der Waals surface area contributed by atoms with Crippen molar-refractivity contribution in [2.24, 2.45) is 0 Å². The summed E-state index contributed by atoms with van der Waals surface area (Å²) in [6, 6.07) is 0. The van der Waals surface area contributed by atoms with Crippen molar-refractivity contribution in [2.75, 3.05) is 0 Å². The van der Waals surface area contributed by atoms with E-state index in [9.17, 15) is 0 Å². The van der Waals surface area contributed by atoms with E-state index in [0.717, 1.165) is 0 Å². The van der Waals surface area contributed by atoms with Gasteiger partial charge < -0.3 is 21.9 Å². The molecule has 0 unspecified atom stereocenters. The van der Waals surface area contributed by atoms with Gasteiger partial charge in [-0.25, -0.2) is 0 Å². The van der Waals surface area contributed by atoms with Crippen LogP contribution in [0.15, 0.2) is 0 Å². The van der Waals surface area contributed by atoms with E-state index in [4.69, 9.17) is 0 Å². The van der Waals surface area contributed by atoms with Crippen molar-refractivity contribution in [2.45, 2.75) is 0 Å². The molecule has 0 aliphatic carbocycles. The van der Waals surface area contributed by atoms with Crippen LogP contribution >= 0.6 is 12.4 Å². The third kappa shape index (κ3) is 118. The summed E-state index contributed by atoms with van der Waals surface area (Å²) in [4.78, 5) is 0. The minimum Gasteiger partial charge on any atom is -0.412 e. The first kappa shape index (κ1) is 394. The van der Waals surface area contributed by atoms with Gasteiger partial charge in [-0.15, -0.1) is 12.4 Å². The molecule has 0 aromatic rings. The van der Waals surface area contributed by atoms with Crippen LogP contribution in [0.5, 0.6) is 0 Å². The Hall–Kier alpha value is 0.753. The maximum atomic E-state index is 0. The number of rotatable bonds is 0. The molecule has 0 atom stereocenters. The van der Waals surface area contributed by atoms with Crippen LogP contribution in [0.3, 0.4) is 0 Å². The Kier molecular flexibility index (Phi) is 15000. The zero-order valence-corrected chi connectivity index (χ0v) is 6.90. The molecule has 0 aromatic carbocycles. The van der Waals surface area contributed by atoms with Crippen molar-refractivity contribution < 1.29 is 41.4 Å². The predicted molar refractivity (Wildman–Crippen MR) is 21.7 cm³/mol. The van der Waals surface area contributed by atoms with E-state index in [0.29, 0.717) is 0 Å². The Bertz CT molecular complexity index is 7.51. The van der Waals surface area contributed by atoms with E-state index >= 15 is 0 Å².